The first-order valence-corrected chi connectivity index (χ1v) is 9.12. The van der Waals surface area contributed by atoms with Gasteiger partial charge in [0.1, 0.15) is 5.60 Å². The van der Waals surface area contributed by atoms with Crippen LogP contribution in [0.15, 0.2) is 30.3 Å². The normalized spacial score (nSPS) is 21.5. The summed E-state index contributed by atoms with van der Waals surface area (Å²) in [4.78, 5) is 13.1. The summed E-state index contributed by atoms with van der Waals surface area (Å²) < 4.78 is 47.1. The standard InChI is InChI=1S/C19H27F3N2O3/c1-27-13-7-10-15(19(20,21)22)18(26,14-8-3-2-4-9-14)16-11-5-6-12-24(16)17(23)25/h2-4,8-9,15-16,26H,5-7,10-13H2,1H3,(H2,23,25). The number of likely N-dealkylation sites (tertiary alicyclic amines) is 1. The van der Waals surface area contributed by atoms with E-state index in [9.17, 15) is 23.1 Å². The van der Waals surface area contributed by atoms with Gasteiger partial charge >= 0.3 is 12.2 Å². The molecule has 27 heavy (non-hydrogen) atoms. The maximum absolute atomic E-state index is 14.1. The van der Waals surface area contributed by atoms with E-state index < -0.39 is 29.8 Å². The van der Waals surface area contributed by atoms with Gasteiger partial charge in [-0.1, -0.05) is 30.3 Å². The summed E-state index contributed by atoms with van der Waals surface area (Å²) in [6, 6.07) is 5.93. The van der Waals surface area contributed by atoms with Crippen LogP contribution < -0.4 is 5.73 Å². The topological polar surface area (TPSA) is 75.8 Å². The third-order valence-corrected chi connectivity index (χ3v) is 5.30. The van der Waals surface area contributed by atoms with Gasteiger partial charge in [-0.15, -0.1) is 0 Å². The second kappa shape index (κ2) is 8.93. The molecule has 0 aliphatic carbocycles. The minimum absolute atomic E-state index is 0.138. The minimum atomic E-state index is -4.65. The summed E-state index contributed by atoms with van der Waals surface area (Å²) in [7, 11) is 1.42. The molecule has 1 heterocycles. The van der Waals surface area contributed by atoms with E-state index in [4.69, 9.17) is 10.5 Å². The summed E-state index contributed by atoms with van der Waals surface area (Å²) in [5.41, 5.74) is 3.29. The van der Waals surface area contributed by atoms with Crippen molar-refractivity contribution in [3.05, 3.63) is 35.9 Å². The number of ether oxygens (including phenoxy) is 1. The summed E-state index contributed by atoms with van der Waals surface area (Å²) in [5, 5.41) is 11.6. The first kappa shape index (κ1) is 21.5. The number of primary amides is 1. The zero-order valence-corrected chi connectivity index (χ0v) is 15.4. The summed E-state index contributed by atoms with van der Waals surface area (Å²) in [5.74, 6) is -2.05. The van der Waals surface area contributed by atoms with Gasteiger partial charge in [0.25, 0.3) is 0 Å². The molecule has 152 valence electrons. The number of amides is 2. The van der Waals surface area contributed by atoms with Crippen molar-refractivity contribution < 1.29 is 27.8 Å². The molecule has 1 saturated heterocycles. The van der Waals surface area contributed by atoms with Crippen molar-refractivity contribution in [2.75, 3.05) is 20.3 Å². The van der Waals surface area contributed by atoms with Gasteiger partial charge in [-0.2, -0.15) is 13.2 Å². The number of alkyl halides is 3. The van der Waals surface area contributed by atoms with E-state index >= 15 is 0 Å². The fourth-order valence-corrected chi connectivity index (χ4v) is 4.05. The zero-order chi connectivity index (χ0) is 20.1. The quantitative estimate of drug-likeness (QED) is 0.703. The van der Waals surface area contributed by atoms with E-state index in [0.29, 0.717) is 12.8 Å². The first-order chi connectivity index (χ1) is 12.7. The Bertz CT molecular complexity index is 612. The van der Waals surface area contributed by atoms with Gasteiger partial charge in [-0.25, -0.2) is 4.79 Å². The zero-order valence-electron chi connectivity index (χ0n) is 15.4. The molecule has 2 rings (SSSR count). The van der Waals surface area contributed by atoms with E-state index in [0.717, 1.165) is 0 Å². The number of nitrogens with zero attached hydrogens (tertiary/aromatic N) is 1. The number of halogens is 3. The lowest BCUT2D eigenvalue weighted by Gasteiger charge is -2.49. The Hall–Kier alpha value is -1.80. The maximum Gasteiger partial charge on any atom is 0.394 e. The van der Waals surface area contributed by atoms with Crippen molar-refractivity contribution >= 4 is 6.03 Å². The Morgan fingerprint density at radius 2 is 2.00 bits per heavy atom. The SMILES string of the molecule is COCCCC(C(F)(F)F)C(O)(c1ccccc1)C1CCCCN1C(N)=O. The van der Waals surface area contributed by atoms with E-state index in [1.54, 1.807) is 18.2 Å². The highest BCUT2D eigenvalue weighted by molar-refractivity contribution is 5.72. The monoisotopic (exact) mass is 388 g/mol. The molecule has 1 aliphatic rings. The van der Waals surface area contributed by atoms with Gasteiger partial charge in [-0.3, -0.25) is 0 Å². The van der Waals surface area contributed by atoms with Gasteiger partial charge in [0.05, 0.1) is 12.0 Å². The number of hydrogen-bond acceptors (Lipinski definition) is 3. The van der Waals surface area contributed by atoms with Gasteiger partial charge in [0.2, 0.25) is 0 Å². The lowest BCUT2D eigenvalue weighted by Crippen LogP contribution is -2.61. The molecular formula is C19H27F3N2O3. The highest BCUT2D eigenvalue weighted by Crippen LogP contribution is 2.48. The molecule has 0 bridgehead atoms. The fraction of sp³-hybridized carbons (Fsp3) is 0.632. The molecule has 1 aromatic carbocycles. The molecular weight excluding hydrogens is 361 g/mol. The molecule has 0 saturated carbocycles. The van der Waals surface area contributed by atoms with E-state index in [-0.39, 0.29) is 38.0 Å². The fourth-order valence-electron chi connectivity index (χ4n) is 4.05. The average Bonchev–Trinajstić information content (AvgIpc) is 2.64. The van der Waals surface area contributed by atoms with Crippen molar-refractivity contribution in [1.82, 2.24) is 4.90 Å². The Morgan fingerprint density at radius 1 is 1.33 bits per heavy atom. The highest BCUT2D eigenvalue weighted by atomic mass is 19.4. The van der Waals surface area contributed by atoms with E-state index in [2.05, 4.69) is 0 Å². The predicted octanol–water partition coefficient (Wildman–Crippen LogP) is 3.41. The van der Waals surface area contributed by atoms with Crippen molar-refractivity contribution in [2.24, 2.45) is 11.7 Å². The van der Waals surface area contributed by atoms with Crippen LogP contribution in [0.4, 0.5) is 18.0 Å². The van der Waals surface area contributed by atoms with Gasteiger partial charge in [0, 0.05) is 20.3 Å². The highest BCUT2D eigenvalue weighted by Gasteiger charge is 2.58. The Kier molecular flexibility index (Phi) is 7.11. The summed E-state index contributed by atoms with van der Waals surface area (Å²) >= 11 is 0. The molecule has 3 unspecified atom stereocenters. The Morgan fingerprint density at radius 3 is 2.56 bits per heavy atom. The number of piperidine rings is 1. The molecule has 3 N–H and O–H groups in total. The van der Waals surface area contributed by atoms with Crippen LogP contribution in [0.5, 0.6) is 0 Å². The second-order valence-corrected chi connectivity index (χ2v) is 6.96. The van der Waals surface area contributed by atoms with Crippen LogP contribution in [0.1, 0.15) is 37.7 Å². The van der Waals surface area contributed by atoms with Crippen molar-refractivity contribution in [3.8, 4) is 0 Å². The number of urea groups is 1. The molecule has 0 spiro atoms. The number of nitrogens with two attached hydrogens (primary N) is 1. The van der Waals surface area contributed by atoms with Gasteiger partial charge in [0.15, 0.2) is 0 Å². The van der Waals surface area contributed by atoms with Crippen LogP contribution in [0.25, 0.3) is 0 Å². The van der Waals surface area contributed by atoms with Crippen LogP contribution >= 0.6 is 0 Å². The number of aliphatic hydroxyl groups is 1. The second-order valence-electron chi connectivity index (χ2n) is 6.96. The summed E-state index contributed by atoms with van der Waals surface area (Å²) in [6.07, 6.45) is -3.31. The number of carbonyl (C=O) groups is 1. The largest absolute Gasteiger partial charge is 0.394 e. The molecule has 8 heteroatoms. The predicted molar refractivity (Wildman–Crippen MR) is 94.9 cm³/mol. The Labute approximate surface area is 157 Å². The summed E-state index contributed by atoms with van der Waals surface area (Å²) in [6.45, 7) is 0.388. The first-order valence-electron chi connectivity index (χ1n) is 9.12. The number of carbonyl (C=O) groups excluding carboxylic acids is 1. The molecule has 0 radical (unpaired) electrons. The van der Waals surface area contributed by atoms with E-state index in [1.807, 2.05) is 0 Å². The van der Waals surface area contributed by atoms with Crippen LogP contribution in [0, 0.1) is 5.92 Å². The molecule has 3 atom stereocenters. The number of hydrogen-bond donors (Lipinski definition) is 2. The van der Waals surface area contributed by atoms with Crippen LogP contribution in [-0.2, 0) is 10.3 Å². The lowest BCUT2D eigenvalue weighted by atomic mass is 9.70. The van der Waals surface area contributed by atoms with Crippen LogP contribution in [0.3, 0.4) is 0 Å². The third-order valence-electron chi connectivity index (χ3n) is 5.30. The molecule has 0 aromatic heterocycles. The Balaban J connectivity index is 2.55. The molecule has 1 fully saturated rings. The molecule has 2 amide bonds. The molecule has 1 aromatic rings. The van der Waals surface area contributed by atoms with Gasteiger partial charge in [-0.05, 0) is 37.7 Å². The molecule has 5 nitrogen and oxygen atoms in total. The van der Waals surface area contributed by atoms with Crippen molar-refractivity contribution in [2.45, 2.75) is 49.9 Å². The average molecular weight is 388 g/mol. The third kappa shape index (κ3) is 4.73. The van der Waals surface area contributed by atoms with Crippen LogP contribution in [0.2, 0.25) is 0 Å². The number of rotatable bonds is 7. The van der Waals surface area contributed by atoms with Crippen molar-refractivity contribution in [3.63, 3.8) is 0 Å². The smallest absolute Gasteiger partial charge is 0.385 e. The van der Waals surface area contributed by atoms with E-state index in [1.165, 1.54) is 24.1 Å². The minimum Gasteiger partial charge on any atom is -0.385 e. The number of methoxy groups -OCH3 is 1. The van der Waals surface area contributed by atoms with Crippen LogP contribution in [-0.4, -0.2) is 48.5 Å². The van der Waals surface area contributed by atoms with Gasteiger partial charge < -0.3 is 20.5 Å². The maximum atomic E-state index is 14.1. The van der Waals surface area contributed by atoms with Crippen molar-refractivity contribution in [1.29, 1.82) is 0 Å². The molecule has 1 aliphatic heterocycles. The lowest BCUT2D eigenvalue weighted by molar-refractivity contribution is -0.248. The number of benzene rings is 1.